The lowest BCUT2D eigenvalue weighted by Gasteiger charge is -2.21. The average molecular weight is 347 g/mol. The summed E-state index contributed by atoms with van der Waals surface area (Å²) in [5.74, 6) is -0.115. The number of nitrogens with one attached hydrogen (secondary N) is 1. The van der Waals surface area contributed by atoms with Crippen LogP contribution in [0.2, 0.25) is 5.02 Å². The lowest BCUT2D eigenvalue weighted by molar-refractivity contribution is -0.124. The normalized spacial score (nSPS) is 15.7. The molecule has 0 unspecified atom stereocenters. The highest BCUT2D eigenvalue weighted by molar-refractivity contribution is 6.33. The number of hydrogen-bond acceptors (Lipinski definition) is 6. The van der Waals surface area contributed by atoms with Crippen molar-refractivity contribution in [3.63, 3.8) is 0 Å². The van der Waals surface area contributed by atoms with Gasteiger partial charge in [0.25, 0.3) is 5.91 Å². The van der Waals surface area contributed by atoms with E-state index in [0.717, 1.165) is 12.8 Å². The zero-order valence-corrected chi connectivity index (χ0v) is 13.5. The van der Waals surface area contributed by atoms with E-state index in [1.807, 2.05) is 0 Å². The van der Waals surface area contributed by atoms with Gasteiger partial charge in [0.05, 0.1) is 11.1 Å². The topological polar surface area (TPSA) is 101 Å². The summed E-state index contributed by atoms with van der Waals surface area (Å²) in [4.78, 5) is 16.0. The first kappa shape index (κ1) is 16.3. The first-order valence-electron chi connectivity index (χ1n) is 7.56. The predicted molar refractivity (Wildman–Crippen MR) is 85.2 cm³/mol. The van der Waals surface area contributed by atoms with E-state index in [-0.39, 0.29) is 18.5 Å². The first-order valence-corrected chi connectivity index (χ1v) is 7.93. The molecular formula is C16H15ClN4O3. The second kappa shape index (κ2) is 6.89. The van der Waals surface area contributed by atoms with E-state index in [1.165, 1.54) is 0 Å². The van der Waals surface area contributed by atoms with Gasteiger partial charge in [-0.2, -0.15) is 10.2 Å². The van der Waals surface area contributed by atoms with Crippen LogP contribution in [0, 0.1) is 11.3 Å². The van der Waals surface area contributed by atoms with Gasteiger partial charge in [-0.3, -0.25) is 9.32 Å². The lowest BCUT2D eigenvalue weighted by Crippen LogP contribution is -2.47. The summed E-state index contributed by atoms with van der Waals surface area (Å²) in [6, 6.07) is 9.24. The van der Waals surface area contributed by atoms with Gasteiger partial charge < -0.3 is 10.1 Å². The molecular weight excluding hydrogens is 332 g/mol. The van der Waals surface area contributed by atoms with E-state index >= 15 is 0 Å². The number of carbonyl (C=O) groups excluding carboxylic acids is 1. The summed E-state index contributed by atoms with van der Waals surface area (Å²) in [5.41, 5.74) is -0.172. The maximum Gasteiger partial charge on any atom is 0.418 e. The van der Waals surface area contributed by atoms with Crippen molar-refractivity contribution >= 4 is 17.5 Å². The number of benzene rings is 1. The van der Waals surface area contributed by atoms with Crippen molar-refractivity contribution in [3.8, 4) is 23.5 Å². The number of amides is 1. The third-order valence-electron chi connectivity index (χ3n) is 3.90. The lowest BCUT2D eigenvalue weighted by atomic mass is 10.00. The molecule has 1 aliphatic carbocycles. The highest BCUT2D eigenvalue weighted by Gasteiger charge is 2.35. The number of nitriles is 1. The molecule has 0 atom stereocenters. The van der Waals surface area contributed by atoms with Gasteiger partial charge >= 0.3 is 6.08 Å². The molecule has 1 amide bonds. The molecule has 124 valence electrons. The molecule has 0 saturated heterocycles. The van der Waals surface area contributed by atoms with Gasteiger partial charge in [0.1, 0.15) is 5.54 Å². The maximum atomic E-state index is 12.0. The Kier molecular flexibility index (Phi) is 4.67. The van der Waals surface area contributed by atoms with Crippen LogP contribution in [0.1, 0.15) is 25.7 Å². The molecule has 3 rings (SSSR count). The number of ether oxygens (including phenoxy) is 1. The summed E-state index contributed by atoms with van der Waals surface area (Å²) in [6.07, 6.45) is 3.05. The Labute approximate surface area is 143 Å². The standard InChI is InChI=1S/C16H15ClN4O3/c17-12-6-2-1-5-11(12)14-19-15(24-21-14)23-9-13(22)20-16(10-18)7-3-4-8-16/h1-2,5-6H,3-4,7-9H2,(H,20,22). The summed E-state index contributed by atoms with van der Waals surface area (Å²) < 4.78 is 10.2. The van der Waals surface area contributed by atoms with Crippen molar-refractivity contribution in [1.82, 2.24) is 15.5 Å². The minimum atomic E-state index is -0.780. The molecule has 0 spiro atoms. The van der Waals surface area contributed by atoms with Crippen LogP contribution >= 0.6 is 11.6 Å². The monoisotopic (exact) mass is 346 g/mol. The van der Waals surface area contributed by atoms with Gasteiger partial charge in [0.15, 0.2) is 6.61 Å². The van der Waals surface area contributed by atoms with Crippen LogP contribution < -0.4 is 10.1 Å². The van der Waals surface area contributed by atoms with Crippen LogP contribution in [0.5, 0.6) is 6.08 Å². The molecule has 24 heavy (non-hydrogen) atoms. The Bertz CT molecular complexity index is 778. The van der Waals surface area contributed by atoms with Gasteiger partial charge in [-0.15, -0.1) is 0 Å². The van der Waals surface area contributed by atoms with E-state index in [9.17, 15) is 10.1 Å². The van der Waals surface area contributed by atoms with Crippen LogP contribution in [0.25, 0.3) is 11.4 Å². The van der Waals surface area contributed by atoms with Gasteiger partial charge in [0, 0.05) is 5.56 Å². The first-order chi connectivity index (χ1) is 11.6. The fourth-order valence-corrected chi connectivity index (χ4v) is 2.91. The van der Waals surface area contributed by atoms with Crippen molar-refractivity contribution in [3.05, 3.63) is 29.3 Å². The molecule has 1 aromatic carbocycles. The zero-order chi connectivity index (χ0) is 17.0. The van der Waals surface area contributed by atoms with Gasteiger partial charge in [-0.25, -0.2) is 0 Å². The minimum Gasteiger partial charge on any atom is -0.439 e. The fraction of sp³-hybridized carbons (Fsp3) is 0.375. The van der Waals surface area contributed by atoms with Crippen LogP contribution in [-0.2, 0) is 4.79 Å². The van der Waals surface area contributed by atoms with Crippen LogP contribution in [0.15, 0.2) is 28.8 Å². The maximum absolute atomic E-state index is 12.0. The quantitative estimate of drug-likeness (QED) is 0.893. The second-order valence-electron chi connectivity index (χ2n) is 5.60. The Morgan fingerprint density at radius 3 is 2.88 bits per heavy atom. The molecule has 0 bridgehead atoms. The van der Waals surface area contributed by atoms with E-state index in [1.54, 1.807) is 24.3 Å². The molecule has 1 N–H and O–H groups in total. The van der Waals surface area contributed by atoms with Gasteiger partial charge in [-0.1, -0.05) is 28.9 Å². The average Bonchev–Trinajstić information content (AvgIpc) is 3.23. The van der Waals surface area contributed by atoms with Crippen molar-refractivity contribution in [2.45, 2.75) is 31.2 Å². The summed E-state index contributed by atoms with van der Waals surface area (Å²) >= 11 is 6.06. The number of halogens is 1. The van der Waals surface area contributed by atoms with Gasteiger partial charge in [0.2, 0.25) is 5.82 Å². The number of hydrogen-bond donors (Lipinski definition) is 1. The summed E-state index contributed by atoms with van der Waals surface area (Å²) in [7, 11) is 0. The van der Waals surface area contributed by atoms with Crippen molar-refractivity contribution < 1.29 is 14.1 Å². The Morgan fingerprint density at radius 2 is 2.17 bits per heavy atom. The number of aromatic nitrogens is 2. The molecule has 1 saturated carbocycles. The molecule has 1 aliphatic rings. The molecule has 7 nitrogen and oxygen atoms in total. The fourth-order valence-electron chi connectivity index (χ4n) is 2.69. The van der Waals surface area contributed by atoms with E-state index < -0.39 is 11.4 Å². The van der Waals surface area contributed by atoms with E-state index in [2.05, 4.69) is 21.5 Å². The Hall–Kier alpha value is -2.59. The zero-order valence-electron chi connectivity index (χ0n) is 12.8. The SMILES string of the molecule is N#CC1(NC(=O)COc2nc(-c3ccccc3Cl)no2)CCCC1. The number of carbonyl (C=O) groups is 1. The van der Waals surface area contributed by atoms with Crippen LogP contribution in [-0.4, -0.2) is 28.2 Å². The summed E-state index contributed by atoms with van der Waals surface area (Å²) in [6.45, 7) is -0.298. The molecule has 0 aliphatic heterocycles. The van der Waals surface area contributed by atoms with Crippen molar-refractivity contribution in [2.24, 2.45) is 0 Å². The van der Waals surface area contributed by atoms with Crippen molar-refractivity contribution in [2.75, 3.05) is 6.61 Å². The Balaban J connectivity index is 1.59. The molecule has 0 radical (unpaired) electrons. The Morgan fingerprint density at radius 1 is 1.42 bits per heavy atom. The largest absolute Gasteiger partial charge is 0.439 e. The molecule has 1 aromatic heterocycles. The summed E-state index contributed by atoms with van der Waals surface area (Å²) in [5, 5.41) is 16.2. The molecule has 1 fully saturated rings. The van der Waals surface area contributed by atoms with Crippen LogP contribution in [0.3, 0.4) is 0 Å². The molecule has 2 aromatic rings. The molecule has 1 heterocycles. The van der Waals surface area contributed by atoms with Gasteiger partial charge in [-0.05, 0) is 37.8 Å². The number of rotatable bonds is 5. The smallest absolute Gasteiger partial charge is 0.418 e. The number of nitrogens with zero attached hydrogens (tertiary/aromatic N) is 3. The second-order valence-corrected chi connectivity index (χ2v) is 6.01. The molecule has 8 heteroatoms. The minimum absolute atomic E-state index is 0.127. The van der Waals surface area contributed by atoms with Crippen molar-refractivity contribution in [1.29, 1.82) is 5.26 Å². The highest BCUT2D eigenvalue weighted by Crippen LogP contribution is 2.29. The third-order valence-corrected chi connectivity index (χ3v) is 4.23. The van der Waals surface area contributed by atoms with E-state index in [0.29, 0.717) is 23.4 Å². The van der Waals surface area contributed by atoms with E-state index in [4.69, 9.17) is 20.9 Å². The highest BCUT2D eigenvalue weighted by atomic mass is 35.5. The van der Waals surface area contributed by atoms with Crippen LogP contribution in [0.4, 0.5) is 0 Å². The predicted octanol–water partition coefficient (Wildman–Crippen LogP) is 2.72. The third kappa shape index (κ3) is 3.49.